The molecule has 0 fully saturated rings. The molecule has 1 N–H and O–H groups in total. The van der Waals surface area contributed by atoms with Crippen molar-refractivity contribution in [1.82, 2.24) is 15.2 Å². The second-order valence-electron chi connectivity index (χ2n) is 3.97. The van der Waals surface area contributed by atoms with Gasteiger partial charge in [0.05, 0.1) is 10.9 Å². The minimum absolute atomic E-state index is 0.469. The number of aromatic amines is 1. The molecule has 2 aromatic heterocycles. The number of hydrogen-bond acceptors (Lipinski definition) is 2. The van der Waals surface area contributed by atoms with Crippen molar-refractivity contribution in [2.75, 3.05) is 0 Å². The van der Waals surface area contributed by atoms with Gasteiger partial charge in [-0.2, -0.15) is 4.39 Å². The fourth-order valence-electron chi connectivity index (χ4n) is 1.92. The largest absolute Gasteiger partial charge is 0.275 e. The van der Waals surface area contributed by atoms with Crippen molar-refractivity contribution in [3.8, 4) is 11.1 Å². The summed E-state index contributed by atoms with van der Waals surface area (Å²) in [7, 11) is 0. The Bertz CT molecular complexity index is 688. The molecular formula is C13H10FN3. The smallest absolute Gasteiger partial charge is 0.240 e. The fourth-order valence-corrected chi connectivity index (χ4v) is 1.92. The number of aryl methyl sites for hydroxylation is 1. The molecule has 0 radical (unpaired) electrons. The van der Waals surface area contributed by atoms with Gasteiger partial charge in [0.2, 0.25) is 5.95 Å². The third-order valence-electron chi connectivity index (χ3n) is 2.87. The molecule has 0 amide bonds. The summed E-state index contributed by atoms with van der Waals surface area (Å²) in [6.45, 7) is 2.01. The van der Waals surface area contributed by atoms with Crippen LogP contribution >= 0.6 is 0 Å². The van der Waals surface area contributed by atoms with E-state index in [1.165, 1.54) is 0 Å². The molecule has 0 atom stereocenters. The number of fused-ring (bicyclic) bond motifs is 1. The van der Waals surface area contributed by atoms with Crippen LogP contribution in [0.5, 0.6) is 0 Å². The van der Waals surface area contributed by atoms with E-state index in [0.29, 0.717) is 10.9 Å². The Morgan fingerprint density at radius 3 is 2.94 bits per heavy atom. The van der Waals surface area contributed by atoms with Crippen LogP contribution in [0.1, 0.15) is 5.56 Å². The molecule has 3 aromatic rings. The third-order valence-corrected chi connectivity index (χ3v) is 2.87. The van der Waals surface area contributed by atoms with Crippen molar-refractivity contribution in [2.24, 2.45) is 0 Å². The van der Waals surface area contributed by atoms with Gasteiger partial charge in [-0.25, -0.2) is 0 Å². The van der Waals surface area contributed by atoms with E-state index in [9.17, 15) is 4.39 Å². The maximum Gasteiger partial charge on any atom is 0.240 e. The SMILES string of the molecule is Cc1ccncc1-c1ccc2[nH]nc(F)c2c1. The number of H-pyrrole nitrogens is 1. The Hall–Kier alpha value is -2.23. The molecule has 0 saturated heterocycles. The van der Waals surface area contributed by atoms with Crippen molar-refractivity contribution in [3.05, 3.63) is 48.2 Å². The molecule has 17 heavy (non-hydrogen) atoms. The summed E-state index contributed by atoms with van der Waals surface area (Å²) in [5.74, 6) is -0.469. The number of pyridine rings is 1. The molecule has 0 spiro atoms. The lowest BCUT2D eigenvalue weighted by molar-refractivity contribution is 0.588. The molecule has 4 heteroatoms. The number of nitrogens with zero attached hydrogens (tertiary/aromatic N) is 2. The summed E-state index contributed by atoms with van der Waals surface area (Å²) < 4.78 is 13.4. The van der Waals surface area contributed by atoms with E-state index < -0.39 is 5.95 Å². The van der Waals surface area contributed by atoms with Gasteiger partial charge in [0.15, 0.2) is 0 Å². The first-order chi connectivity index (χ1) is 8.25. The van der Waals surface area contributed by atoms with E-state index >= 15 is 0 Å². The summed E-state index contributed by atoms with van der Waals surface area (Å²) in [5, 5.41) is 6.69. The molecule has 3 nitrogen and oxygen atoms in total. The van der Waals surface area contributed by atoms with Crippen LogP contribution in [-0.4, -0.2) is 15.2 Å². The van der Waals surface area contributed by atoms with E-state index in [1.54, 1.807) is 18.5 Å². The highest BCUT2D eigenvalue weighted by atomic mass is 19.1. The predicted octanol–water partition coefficient (Wildman–Crippen LogP) is 3.07. The van der Waals surface area contributed by atoms with E-state index in [-0.39, 0.29) is 0 Å². The molecule has 3 rings (SSSR count). The maximum absolute atomic E-state index is 13.4. The van der Waals surface area contributed by atoms with Gasteiger partial charge in [0.1, 0.15) is 0 Å². The van der Waals surface area contributed by atoms with Gasteiger partial charge in [0, 0.05) is 18.0 Å². The second-order valence-corrected chi connectivity index (χ2v) is 3.97. The van der Waals surface area contributed by atoms with Crippen molar-refractivity contribution >= 4 is 10.9 Å². The minimum atomic E-state index is -0.469. The van der Waals surface area contributed by atoms with Crippen LogP contribution in [0.3, 0.4) is 0 Å². The van der Waals surface area contributed by atoms with Crippen LogP contribution in [0.15, 0.2) is 36.7 Å². The van der Waals surface area contributed by atoms with Gasteiger partial charge in [-0.05, 0) is 36.2 Å². The Kier molecular flexibility index (Phi) is 2.14. The van der Waals surface area contributed by atoms with Crippen molar-refractivity contribution < 1.29 is 4.39 Å². The van der Waals surface area contributed by atoms with Gasteiger partial charge in [-0.3, -0.25) is 10.1 Å². The van der Waals surface area contributed by atoms with Crippen molar-refractivity contribution in [2.45, 2.75) is 6.92 Å². The van der Waals surface area contributed by atoms with Gasteiger partial charge in [-0.1, -0.05) is 6.07 Å². The minimum Gasteiger partial charge on any atom is -0.275 e. The standard InChI is InChI=1S/C13H10FN3/c1-8-4-5-15-7-11(8)9-2-3-12-10(6-9)13(14)17-16-12/h2-7H,1H3,(H,16,17). The summed E-state index contributed by atoms with van der Waals surface area (Å²) in [6.07, 6.45) is 3.53. The maximum atomic E-state index is 13.4. The lowest BCUT2D eigenvalue weighted by Crippen LogP contribution is -1.84. The number of nitrogens with one attached hydrogen (secondary N) is 1. The number of halogens is 1. The van der Waals surface area contributed by atoms with Gasteiger partial charge < -0.3 is 0 Å². The molecule has 0 saturated carbocycles. The fraction of sp³-hybridized carbons (Fsp3) is 0.0769. The Morgan fingerprint density at radius 2 is 2.12 bits per heavy atom. The topological polar surface area (TPSA) is 41.6 Å². The van der Waals surface area contributed by atoms with Crippen LogP contribution < -0.4 is 0 Å². The Morgan fingerprint density at radius 1 is 1.24 bits per heavy atom. The molecule has 0 bridgehead atoms. The van der Waals surface area contributed by atoms with E-state index in [1.807, 2.05) is 25.1 Å². The van der Waals surface area contributed by atoms with Gasteiger partial charge in [-0.15, -0.1) is 5.10 Å². The van der Waals surface area contributed by atoms with E-state index in [0.717, 1.165) is 16.7 Å². The number of aromatic nitrogens is 3. The summed E-state index contributed by atoms with van der Waals surface area (Å²) in [4.78, 5) is 4.09. The quantitative estimate of drug-likeness (QED) is 0.694. The van der Waals surface area contributed by atoms with Crippen LogP contribution in [0.25, 0.3) is 22.0 Å². The van der Waals surface area contributed by atoms with Crippen molar-refractivity contribution in [1.29, 1.82) is 0 Å². The van der Waals surface area contributed by atoms with Crippen molar-refractivity contribution in [3.63, 3.8) is 0 Å². The average molecular weight is 227 g/mol. The Labute approximate surface area is 97.3 Å². The lowest BCUT2D eigenvalue weighted by atomic mass is 10.0. The first kappa shape index (κ1) is 9.96. The highest BCUT2D eigenvalue weighted by molar-refractivity contribution is 5.84. The zero-order valence-corrected chi connectivity index (χ0v) is 9.24. The average Bonchev–Trinajstić information content (AvgIpc) is 2.71. The van der Waals surface area contributed by atoms with Crippen LogP contribution in [0, 0.1) is 12.9 Å². The van der Waals surface area contributed by atoms with Gasteiger partial charge >= 0.3 is 0 Å². The molecule has 1 aromatic carbocycles. The first-order valence-corrected chi connectivity index (χ1v) is 5.30. The van der Waals surface area contributed by atoms with Crippen LogP contribution in [0.4, 0.5) is 4.39 Å². The monoisotopic (exact) mass is 227 g/mol. The molecule has 0 unspecified atom stereocenters. The highest BCUT2D eigenvalue weighted by Gasteiger charge is 2.07. The van der Waals surface area contributed by atoms with E-state index in [4.69, 9.17) is 0 Å². The first-order valence-electron chi connectivity index (χ1n) is 5.30. The normalized spacial score (nSPS) is 10.9. The van der Waals surface area contributed by atoms with Gasteiger partial charge in [0.25, 0.3) is 0 Å². The zero-order chi connectivity index (χ0) is 11.8. The highest BCUT2D eigenvalue weighted by Crippen LogP contribution is 2.26. The number of rotatable bonds is 1. The molecule has 2 heterocycles. The predicted molar refractivity (Wildman–Crippen MR) is 64.0 cm³/mol. The molecular weight excluding hydrogens is 217 g/mol. The summed E-state index contributed by atoms with van der Waals surface area (Å²) >= 11 is 0. The number of benzene rings is 1. The summed E-state index contributed by atoms with van der Waals surface area (Å²) in [6, 6.07) is 7.49. The Balaban J connectivity index is 2.24. The third kappa shape index (κ3) is 1.58. The summed E-state index contributed by atoms with van der Waals surface area (Å²) in [5.41, 5.74) is 3.77. The van der Waals surface area contributed by atoms with Crippen LogP contribution in [-0.2, 0) is 0 Å². The number of hydrogen-bond donors (Lipinski definition) is 1. The molecule has 84 valence electrons. The van der Waals surface area contributed by atoms with Crippen LogP contribution in [0.2, 0.25) is 0 Å². The lowest BCUT2D eigenvalue weighted by Gasteiger charge is -2.04. The molecule has 0 aliphatic carbocycles. The second kappa shape index (κ2) is 3.66. The van der Waals surface area contributed by atoms with E-state index in [2.05, 4.69) is 15.2 Å². The zero-order valence-electron chi connectivity index (χ0n) is 9.24. The molecule has 0 aliphatic heterocycles. The molecule has 0 aliphatic rings.